The minimum atomic E-state index is -0.0285. The van der Waals surface area contributed by atoms with Crippen molar-refractivity contribution in [3.05, 3.63) is 18.2 Å². The molecule has 0 aliphatic carbocycles. The zero-order valence-corrected chi connectivity index (χ0v) is 11.6. The number of nitrogens with zero attached hydrogens (tertiary/aromatic N) is 1. The van der Waals surface area contributed by atoms with Crippen LogP contribution in [0.25, 0.3) is 0 Å². The average molecular weight is 276 g/mol. The predicted octanol–water partition coefficient (Wildman–Crippen LogP) is 2.87. The highest BCUT2D eigenvalue weighted by Crippen LogP contribution is 2.32. The number of hydrogen-bond donors (Lipinski definition) is 1. The molecule has 2 amide bonds. The van der Waals surface area contributed by atoms with Gasteiger partial charge in [-0.2, -0.15) is 0 Å². The van der Waals surface area contributed by atoms with E-state index in [1.54, 1.807) is 0 Å². The van der Waals surface area contributed by atoms with Gasteiger partial charge in [0.15, 0.2) is 11.5 Å². The second-order valence-electron chi connectivity index (χ2n) is 5.19. The van der Waals surface area contributed by atoms with Crippen molar-refractivity contribution in [2.75, 3.05) is 31.6 Å². The fourth-order valence-corrected chi connectivity index (χ4v) is 2.54. The summed E-state index contributed by atoms with van der Waals surface area (Å²) in [5.41, 5.74) is 0.754. The zero-order valence-electron chi connectivity index (χ0n) is 11.6. The van der Waals surface area contributed by atoms with Crippen molar-refractivity contribution in [2.45, 2.75) is 25.7 Å². The molecule has 0 bridgehead atoms. The summed E-state index contributed by atoms with van der Waals surface area (Å²) in [6.07, 6.45) is 4.28. The molecule has 108 valence electrons. The van der Waals surface area contributed by atoms with Crippen molar-refractivity contribution >= 4 is 11.7 Å². The Hall–Kier alpha value is -1.91. The van der Waals surface area contributed by atoms with E-state index >= 15 is 0 Å². The van der Waals surface area contributed by atoms with Crippen LogP contribution in [-0.4, -0.2) is 37.2 Å². The molecule has 5 heteroatoms. The first-order chi connectivity index (χ1) is 9.83. The molecule has 0 unspecified atom stereocenters. The third kappa shape index (κ3) is 2.98. The lowest BCUT2D eigenvalue weighted by Gasteiger charge is -2.26. The van der Waals surface area contributed by atoms with Crippen LogP contribution in [0.1, 0.15) is 25.7 Å². The lowest BCUT2D eigenvalue weighted by atomic mass is 10.1. The van der Waals surface area contributed by atoms with Gasteiger partial charge in [0.2, 0.25) is 0 Å². The lowest BCUT2D eigenvalue weighted by Crippen LogP contribution is -2.38. The maximum atomic E-state index is 12.1. The summed E-state index contributed by atoms with van der Waals surface area (Å²) in [5, 5.41) is 2.93. The number of amides is 2. The van der Waals surface area contributed by atoms with Crippen LogP contribution in [0, 0.1) is 0 Å². The summed E-state index contributed by atoms with van der Waals surface area (Å²) in [6, 6.07) is 5.52. The average Bonchev–Trinajstić information content (AvgIpc) is 2.73. The van der Waals surface area contributed by atoms with Crippen LogP contribution in [-0.2, 0) is 0 Å². The molecule has 0 aromatic heterocycles. The van der Waals surface area contributed by atoms with Gasteiger partial charge in [-0.25, -0.2) is 4.79 Å². The van der Waals surface area contributed by atoms with Crippen molar-refractivity contribution < 1.29 is 14.3 Å². The third-order valence-electron chi connectivity index (χ3n) is 3.64. The van der Waals surface area contributed by atoms with Gasteiger partial charge in [-0.05, 0) is 31.4 Å². The van der Waals surface area contributed by atoms with Crippen LogP contribution in [0.5, 0.6) is 11.5 Å². The minimum absolute atomic E-state index is 0.0285. The van der Waals surface area contributed by atoms with E-state index in [2.05, 4.69) is 5.32 Å². The van der Waals surface area contributed by atoms with Gasteiger partial charge in [-0.15, -0.1) is 0 Å². The molecule has 5 nitrogen and oxygen atoms in total. The smallest absolute Gasteiger partial charge is 0.321 e. The van der Waals surface area contributed by atoms with E-state index < -0.39 is 0 Å². The Morgan fingerprint density at radius 2 is 1.75 bits per heavy atom. The van der Waals surface area contributed by atoms with E-state index in [9.17, 15) is 4.79 Å². The van der Waals surface area contributed by atoms with Crippen LogP contribution < -0.4 is 14.8 Å². The number of carbonyl (C=O) groups is 1. The van der Waals surface area contributed by atoms with E-state index in [1.807, 2.05) is 23.1 Å². The standard InChI is InChI=1S/C15H20N2O3/c18-15(17-7-2-1-3-8-17)16-12-5-6-13-14(11-12)20-10-4-9-19-13/h5-6,11H,1-4,7-10H2,(H,16,18). The molecule has 2 aliphatic rings. The molecule has 0 spiro atoms. The Balaban J connectivity index is 1.68. The molecule has 0 atom stereocenters. The highest BCUT2D eigenvalue weighted by molar-refractivity contribution is 5.89. The zero-order chi connectivity index (χ0) is 13.8. The van der Waals surface area contributed by atoms with Gasteiger partial charge in [0.05, 0.1) is 13.2 Å². The molecule has 1 saturated heterocycles. The van der Waals surface area contributed by atoms with Gasteiger partial charge in [0.25, 0.3) is 0 Å². The van der Waals surface area contributed by atoms with Crippen molar-refractivity contribution in [1.82, 2.24) is 4.90 Å². The topological polar surface area (TPSA) is 50.8 Å². The normalized spacial score (nSPS) is 18.3. The summed E-state index contributed by atoms with van der Waals surface area (Å²) < 4.78 is 11.2. The number of nitrogens with one attached hydrogen (secondary N) is 1. The molecule has 1 fully saturated rings. The molecule has 1 N–H and O–H groups in total. The summed E-state index contributed by atoms with van der Waals surface area (Å²) in [6.45, 7) is 3.01. The summed E-state index contributed by atoms with van der Waals surface area (Å²) in [5.74, 6) is 1.46. The number of ether oxygens (including phenoxy) is 2. The van der Waals surface area contributed by atoms with Gasteiger partial charge in [-0.3, -0.25) is 0 Å². The molecule has 20 heavy (non-hydrogen) atoms. The second-order valence-corrected chi connectivity index (χ2v) is 5.19. The number of carbonyl (C=O) groups excluding carboxylic acids is 1. The van der Waals surface area contributed by atoms with E-state index in [0.717, 1.165) is 43.8 Å². The largest absolute Gasteiger partial charge is 0.490 e. The molecule has 1 aromatic rings. The number of benzene rings is 1. The van der Waals surface area contributed by atoms with Crippen molar-refractivity contribution in [3.63, 3.8) is 0 Å². The maximum Gasteiger partial charge on any atom is 0.321 e. The molecule has 0 radical (unpaired) electrons. The highest BCUT2D eigenvalue weighted by atomic mass is 16.5. The third-order valence-corrected chi connectivity index (χ3v) is 3.64. The van der Waals surface area contributed by atoms with Crippen molar-refractivity contribution in [3.8, 4) is 11.5 Å². The van der Waals surface area contributed by atoms with Gasteiger partial charge < -0.3 is 19.7 Å². The highest BCUT2D eigenvalue weighted by Gasteiger charge is 2.17. The molecule has 2 aliphatic heterocycles. The minimum Gasteiger partial charge on any atom is -0.490 e. The number of fused-ring (bicyclic) bond motifs is 1. The van der Waals surface area contributed by atoms with Gasteiger partial charge in [0.1, 0.15) is 0 Å². The Morgan fingerprint density at radius 3 is 2.55 bits per heavy atom. The van der Waals surface area contributed by atoms with E-state index in [0.29, 0.717) is 19.0 Å². The second kappa shape index (κ2) is 6.03. The fourth-order valence-electron chi connectivity index (χ4n) is 2.54. The monoisotopic (exact) mass is 276 g/mol. The molecular weight excluding hydrogens is 256 g/mol. The number of rotatable bonds is 1. The van der Waals surface area contributed by atoms with Crippen molar-refractivity contribution in [2.24, 2.45) is 0 Å². The molecular formula is C15H20N2O3. The maximum absolute atomic E-state index is 12.1. The first kappa shape index (κ1) is 13.1. The van der Waals surface area contributed by atoms with Crippen LogP contribution in [0.3, 0.4) is 0 Å². The number of hydrogen-bond acceptors (Lipinski definition) is 3. The molecule has 1 aromatic carbocycles. The van der Waals surface area contributed by atoms with E-state index in [-0.39, 0.29) is 6.03 Å². The predicted molar refractivity (Wildman–Crippen MR) is 76.5 cm³/mol. The molecule has 3 rings (SSSR count). The number of urea groups is 1. The van der Waals surface area contributed by atoms with Crippen LogP contribution in [0.4, 0.5) is 10.5 Å². The van der Waals surface area contributed by atoms with Gasteiger partial charge in [0, 0.05) is 31.3 Å². The van der Waals surface area contributed by atoms with Crippen LogP contribution in [0.15, 0.2) is 18.2 Å². The molecule has 2 heterocycles. The quantitative estimate of drug-likeness (QED) is 0.858. The van der Waals surface area contributed by atoms with E-state index in [4.69, 9.17) is 9.47 Å². The number of likely N-dealkylation sites (tertiary alicyclic amines) is 1. The van der Waals surface area contributed by atoms with Gasteiger partial charge in [-0.1, -0.05) is 0 Å². The number of anilines is 1. The van der Waals surface area contributed by atoms with Crippen LogP contribution in [0.2, 0.25) is 0 Å². The Morgan fingerprint density at radius 1 is 1.00 bits per heavy atom. The van der Waals surface area contributed by atoms with E-state index in [1.165, 1.54) is 6.42 Å². The summed E-state index contributed by atoms with van der Waals surface area (Å²) >= 11 is 0. The Bertz CT molecular complexity index is 484. The van der Waals surface area contributed by atoms with Crippen LogP contribution >= 0.6 is 0 Å². The fraction of sp³-hybridized carbons (Fsp3) is 0.533. The van der Waals surface area contributed by atoms with Crippen molar-refractivity contribution in [1.29, 1.82) is 0 Å². The lowest BCUT2D eigenvalue weighted by molar-refractivity contribution is 0.200. The first-order valence-electron chi connectivity index (χ1n) is 7.28. The number of piperidine rings is 1. The Kier molecular flexibility index (Phi) is 3.95. The first-order valence-corrected chi connectivity index (χ1v) is 7.28. The summed E-state index contributed by atoms with van der Waals surface area (Å²) in [4.78, 5) is 14.0. The summed E-state index contributed by atoms with van der Waals surface area (Å²) in [7, 11) is 0. The Labute approximate surface area is 118 Å². The molecule has 0 saturated carbocycles. The van der Waals surface area contributed by atoms with Gasteiger partial charge >= 0.3 is 6.03 Å². The SMILES string of the molecule is O=C(Nc1ccc2c(c1)OCCCO2)N1CCCCC1.